The molecule has 0 saturated heterocycles. The van der Waals surface area contributed by atoms with Gasteiger partial charge in [0.05, 0.1) is 0 Å². The summed E-state index contributed by atoms with van der Waals surface area (Å²) < 4.78 is 0.985. The zero-order chi connectivity index (χ0) is 8.81. The van der Waals surface area contributed by atoms with E-state index in [2.05, 4.69) is 40.0 Å². The molecule has 0 bridgehead atoms. The van der Waals surface area contributed by atoms with Gasteiger partial charge in [0.15, 0.2) is 0 Å². The molecule has 1 N–H and O–H groups in total. The van der Waals surface area contributed by atoms with Crippen LogP contribution in [0.1, 0.15) is 5.56 Å². The molecule has 1 nitrogen and oxygen atoms in total. The molecule has 0 aliphatic carbocycles. The van der Waals surface area contributed by atoms with E-state index in [-0.39, 0.29) is 12.4 Å². The number of nitrogens with one attached hydrogen (secondary N) is 1. The van der Waals surface area contributed by atoms with E-state index in [4.69, 9.17) is 0 Å². The highest BCUT2D eigenvalue weighted by Crippen LogP contribution is 2.00. The molecule has 0 fully saturated rings. The molecule has 0 aromatic heterocycles. The smallest absolute Gasteiger partial charge is 0.0268 e. The van der Waals surface area contributed by atoms with E-state index >= 15 is 0 Å². The molecular formula is C10H13BrClN. The Bertz CT molecular complexity index is 248. The standard InChI is InChI=1S/C10H12BrN.ClH/c1-9(11)7-12-8-10-5-3-2-4-6-10;/h2-6,12H,1,7-8H2;1H. The number of hydrogen-bond donors (Lipinski definition) is 1. The van der Waals surface area contributed by atoms with Gasteiger partial charge in [-0.2, -0.15) is 0 Å². The maximum atomic E-state index is 3.74. The molecule has 0 saturated carbocycles. The highest BCUT2D eigenvalue weighted by atomic mass is 79.9. The van der Waals surface area contributed by atoms with Crippen molar-refractivity contribution >= 4 is 28.3 Å². The molecule has 0 unspecified atom stereocenters. The van der Waals surface area contributed by atoms with E-state index in [9.17, 15) is 0 Å². The van der Waals surface area contributed by atoms with Crippen LogP contribution in [-0.2, 0) is 6.54 Å². The summed E-state index contributed by atoms with van der Waals surface area (Å²) in [5.74, 6) is 0. The molecule has 1 aromatic carbocycles. The predicted octanol–water partition coefficient (Wildman–Crippen LogP) is 3.11. The molecule has 3 heteroatoms. The lowest BCUT2D eigenvalue weighted by molar-refractivity contribution is 0.757. The molecule has 1 rings (SSSR count). The third-order valence-corrected chi connectivity index (χ3v) is 1.77. The van der Waals surface area contributed by atoms with Crippen molar-refractivity contribution in [1.29, 1.82) is 0 Å². The fourth-order valence-corrected chi connectivity index (χ4v) is 1.14. The minimum absolute atomic E-state index is 0. The van der Waals surface area contributed by atoms with E-state index < -0.39 is 0 Å². The molecule has 0 heterocycles. The van der Waals surface area contributed by atoms with Crippen molar-refractivity contribution in [2.75, 3.05) is 6.54 Å². The molecule has 1 aromatic rings. The van der Waals surface area contributed by atoms with Gasteiger partial charge in [0.25, 0.3) is 0 Å². The molecular weight excluding hydrogens is 249 g/mol. The summed E-state index contributed by atoms with van der Waals surface area (Å²) in [5.41, 5.74) is 1.30. The Morgan fingerprint density at radius 1 is 1.31 bits per heavy atom. The van der Waals surface area contributed by atoms with Crippen molar-refractivity contribution in [1.82, 2.24) is 5.32 Å². The van der Waals surface area contributed by atoms with Crippen molar-refractivity contribution in [2.45, 2.75) is 6.54 Å². The second-order valence-electron chi connectivity index (χ2n) is 2.61. The Kier molecular flexibility index (Phi) is 6.96. The van der Waals surface area contributed by atoms with Crippen molar-refractivity contribution in [3.8, 4) is 0 Å². The van der Waals surface area contributed by atoms with E-state index in [0.717, 1.165) is 17.6 Å². The van der Waals surface area contributed by atoms with Gasteiger partial charge in [-0.15, -0.1) is 12.4 Å². The van der Waals surface area contributed by atoms with Crippen molar-refractivity contribution < 1.29 is 0 Å². The summed E-state index contributed by atoms with van der Waals surface area (Å²) in [5, 5.41) is 3.25. The lowest BCUT2D eigenvalue weighted by Gasteiger charge is -2.02. The SMILES string of the molecule is C=C(Br)CNCc1ccccc1.Cl. The summed E-state index contributed by atoms with van der Waals surface area (Å²) in [7, 11) is 0. The van der Waals surface area contributed by atoms with Crippen LogP contribution in [0.3, 0.4) is 0 Å². The van der Waals surface area contributed by atoms with Crippen LogP contribution >= 0.6 is 28.3 Å². The average Bonchev–Trinajstić information content (AvgIpc) is 2.05. The Hall–Kier alpha value is -0.310. The zero-order valence-electron chi connectivity index (χ0n) is 7.29. The monoisotopic (exact) mass is 261 g/mol. The zero-order valence-corrected chi connectivity index (χ0v) is 9.70. The quantitative estimate of drug-likeness (QED) is 0.879. The fraction of sp³-hybridized carbons (Fsp3) is 0.200. The molecule has 0 aliphatic rings. The topological polar surface area (TPSA) is 12.0 Å². The third-order valence-electron chi connectivity index (χ3n) is 1.49. The van der Waals surface area contributed by atoms with E-state index in [1.165, 1.54) is 5.56 Å². The van der Waals surface area contributed by atoms with Gasteiger partial charge < -0.3 is 5.32 Å². The summed E-state index contributed by atoms with van der Waals surface area (Å²) >= 11 is 3.29. The fourth-order valence-electron chi connectivity index (χ4n) is 0.938. The molecule has 0 spiro atoms. The predicted molar refractivity (Wildman–Crippen MR) is 63.5 cm³/mol. The largest absolute Gasteiger partial charge is 0.308 e. The van der Waals surface area contributed by atoms with Crippen LogP contribution in [0.25, 0.3) is 0 Å². The Morgan fingerprint density at radius 3 is 2.46 bits per heavy atom. The van der Waals surface area contributed by atoms with Crippen LogP contribution in [0.5, 0.6) is 0 Å². The highest BCUT2D eigenvalue weighted by Gasteiger charge is 1.90. The third kappa shape index (κ3) is 5.86. The minimum Gasteiger partial charge on any atom is -0.308 e. The van der Waals surface area contributed by atoms with Crippen LogP contribution in [0.4, 0.5) is 0 Å². The first-order chi connectivity index (χ1) is 5.79. The maximum Gasteiger partial charge on any atom is 0.0268 e. The van der Waals surface area contributed by atoms with Gasteiger partial charge in [0.1, 0.15) is 0 Å². The van der Waals surface area contributed by atoms with Gasteiger partial charge >= 0.3 is 0 Å². The molecule has 0 amide bonds. The van der Waals surface area contributed by atoms with Crippen molar-refractivity contribution in [3.05, 3.63) is 47.0 Å². The first kappa shape index (κ1) is 12.7. The van der Waals surface area contributed by atoms with Gasteiger partial charge in [-0.05, 0) is 5.56 Å². The van der Waals surface area contributed by atoms with Crippen LogP contribution in [0.2, 0.25) is 0 Å². The maximum absolute atomic E-state index is 3.74. The number of halogens is 2. The summed E-state index contributed by atoms with van der Waals surface area (Å²) in [6.45, 7) is 5.45. The molecule has 13 heavy (non-hydrogen) atoms. The minimum atomic E-state index is 0. The first-order valence-electron chi connectivity index (χ1n) is 3.87. The summed E-state index contributed by atoms with van der Waals surface area (Å²) in [4.78, 5) is 0. The Labute approximate surface area is 93.8 Å². The lowest BCUT2D eigenvalue weighted by atomic mass is 10.2. The van der Waals surface area contributed by atoms with Crippen LogP contribution in [0, 0.1) is 0 Å². The second kappa shape index (κ2) is 7.13. The number of hydrogen-bond acceptors (Lipinski definition) is 1. The second-order valence-corrected chi connectivity index (χ2v) is 3.73. The van der Waals surface area contributed by atoms with E-state index in [0.29, 0.717) is 0 Å². The molecule has 0 radical (unpaired) electrons. The normalized spacial score (nSPS) is 9.00. The first-order valence-corrected chi connectivity index (χ1v) is 4.66. The van der Waals surface area contributed by atoms with Crippen molar-refractivity contribution in [3.63, 3.8) is 0 Å². The number of rotatable bonds is 4. The van der Waals surface area contributed by atoms with Crippen LogP contribution < -0.4 is 5.32 Å². The number of benzene rings is 1. The average molecular weight is 263 g/mol. The van der Waals surface area contributed by atoms with Gasteiger partial charge in [-0.1, -0.05) is 52.8 Å². The Balaban J connectivity index is 0.00000144. The molecule has 72 valence electrons. The van der Waals surface area contributed by atoms with E-state index in [1.54, 1.807) is 0 Å². The van der Waals surface area contributed by atoms with Gasteiger partial charge in [-0.25, -0.2) is 0 Å². The van der Waals surface area contributed by atoms with Crippen LogP contribution in [-0.4, -0.2) is 6.54 Å². The highest BCUT2D eigenvalue weighted by molar-refractivity contribution is 9.11. The summed E-state index contributed by atoms with van der Waals surface area (Å²) in [6.07, 6.45) is 0. The lowest BCUT2D eigenvalue weighted by Crippen LogP contribution is -2.14. The van der Waals surface area contributed by atoms with Gasteiger partial charge in [0.2, 0.25) is 0 Å². The van der Waals surface area contributed by atoms with Gasteiger partial charge in [0, 0.05) is 17.6 Å². The Morgan fingerprint density at radius 2 is 1.92 bits per heavy atom. The van der Waals surface area contributed by atoms with E-state index in [1.807, 2.05) is 18.2 Å². The van der Waals surface area contributed by atoms with Gasteiger partial charge in [-0.3, -0.25) is 0 Å². The summed E-state index contributed by atoms with van der Waals surface area (Å²) in [6, 6.07) is 10.3. The molecule has 0 atom stereocenters. The van der Waals surface area contributed by atoms with Crippen molar-refractivity contribution in [2.24, 2.45) is 0 Å². The van der Waals surface area contributed by atoms with Crippen LogP contribution in [0.15, 0.2) is 41.4 Å². The molecule has 0 aliphatic heterocycles.